The van der Waals surface area contributed by atoms with Crippen molar-refractivity contribution in [2.75, 3.05) is 0 Å². The first-order chi connectivity index (χ1) is 6.92. The van der Waals surface area contributed by atoms with Crippen LogP contribution in [0.15, 0.2) is 48.6 Å². The molecule has 1 saturated carbocycles. The smallest absolute Gasteiger partial charge is 0.0185 e. The van der Waals surface area contributed by atoms with E-state index in [2.05, 4.69) is 36.9 Å². The number of hydrogen-bond acceptors (Lipinski definition) is 0. The molecule has 0 bridgehead atoms. The molecule has 1 aliphatic rings. The van der Waals surface area contributed by atoms with Gasteiger partial charge in [-0.1, -0.05) is 48.6 Å². The van der Waals surface area contributed by atoms with Gasteiger partial charge in [-0.3, -0.25) is 0 Å². The summed E-state index contributed by atoms with van der Waals surface area (Å²) in [6.45, 7) is 3.92. The van der Waals surface area contributed by atoms with Crippen molar-refractivity contribution in [3.05, 3.63) is 54.1 Å². The fraction of sp³-hybridized carbons (Fsp3) is 0.286. The molecule has 72 valence electrons. The summed E-state index contributed by atoms with van der Waals surface area (Å²) in [5, 5.41) is 0. The highest BCUT2D eigenvalue weighted by Gasteiger charge is 2.11. The van der Waals surface area contributed by atoms with Gasteiger partial charge in [0.15, 0.2) is 0 Å². The molecule has 0 atom stereocenters. The Morgan fingerprint density at radius 1 is 1.07 bits per heavy atom. The molecule has 1 fully saturated rings. The number of rotatable bonds is 2. The van der Waals surface area contributed by atoms with E-state index in [1.165, 1.54) is 36.8 Å². The van der Waals surface area contributed by atoms with Gasteiger partial charge in [-0.25, -0.2) is 0 Å². The van der Waals surface area contributed by atoms with Crippen molar-refractivity contribution in [1.29, 1.82) is 0 Å². The zero-order chi connectivity index (χ0) is 9.80. The van der Waals surface area contributed by atoms with Gasteiger partial charge in [-0.05, 0) is 36.8 Å². The predicted molar refractivity (Wildman–Crippen MR) is 62.0 cm³/mol. The van der Waals surface area contributed by atoms with Crippen LogP contribution in [0.1, 0.15) is 31.2 Å². The minimum atomic E-state index is 1.26. The molecule has 1 aliphatic carbocycles. The van der Waals surface area contributed by atoms with Gasteiger partial charge in [0.2, 0.25) is 0 Å². The van der Waals surface area contributed by atoms with E-state index in [1.54, 1.807) is 5.57 Å². The van der Waals surface area contributed by atoms with Crippen molar-refractivity contribution in [2.45, 2.75) is 25.7 Å². The number of allylic oxidation sites excluding steroid dienone is 3. The van der Waals surface area contributed by atoms with Crippen molar-refractivity contribution >= 4 is 5.57 Å². The van der Waals surface area contributed by atoms with Crippen LogP contribution >= 0.6 is 0 Å². The van der Waals surface area contributed by atoms with E-state index >= 15 is 0 Å². The van der Waals surface area contributed by atoms with Crippen LogP contribution in [0.5, 0.6) is 0 Å². The Kier molecular flexibility index (Phi) is 2.83. The first-order valence-corrected chi connectivity index (χ1v) is 5.31. The van der Waals surface area contributed by atoms with Gasteiger partial charge >= 0.3 is 0 Å². The van der Waals surface area contributed by atoms with Gasteiger partial charge in [0.25, 0.3) is 0 Å². The van der Waals surface area contributed by atoms with E-state index in [9.17, 15) is 0 Å². The van der Waals surface area contributed by atoms with E-state index in [0.717, 1.165) is 0 Å². The molecule has 0 amide bonds. The fourth-order valence-electron chi connectivity index (χ4n) is 2.16. The Morgan fingerprint density at radius 2 is 1.71 bits per heavy atom. The topological polar surface area (TPSA) is 0 Å². The third-order valence-corrected chi connectivity index (χ3v) is 2.88. The second-order valence-corrected chi connectivity index (χ2v) is 3.79. The van der Waals surface area contributed by atoms with Crippen LogP contribution in [0.4, 0.5) is 0 Å². The molecule has 0 nitrogen and oxygen atoms in total. The van der Waals surface area contributed by atoms with Gasteiger partial charge < -0.3 is 0 Å². The Morgan fingerprint density at radius 3 is 2.29 bits per heavy atom. The van der Waals surface area contributed by atoms with E-state index in [-0.39, 0.29) is 0 Å². The molecular formula is C14H16. The van der Waals surface area contributed by atoms with Crippen LogP contribution in [0.3, 0.4) is 0 Å². The third-order valence-electron chi connectivity index (χ3n) is 2.88. The Labute approximate surface area is 86.0 Å². The molecule has 14 heavy (non-hydrogen) atoms. The standard InChI is InChI=1S/C14H16/c1-2-14(13-10-6-7-11-13)12-8-4-3-5-9-12/h2-5,8-9H,1,6-7,10-11H2. The van der Waals surface area contributed by atoms with Crippen LogP contribution in [0, 0.1) is 0 Å². The van der Waals surface area contributed by atoms with Gasteiger partial charge in [-0.15, -0.1) is 0 Å². The summed E-state index contributed by atoms with van der Waals surface area (Å²) in [6, 6.07) is 10.6. The SMILES string of the molecule is C=CC(=C1CCCC1)c1ccccc1. The van der Waals surface area contributed by atoms with Crippen LogP contribution < -0.4 is 0 Å². The summed E-state index contributed by atoms with van der Waals surface area (Å²) >= 11 is 0. The first-order valence-electron chi connectivity index (χ1n) is 5.31. The van der Waals surface area contributed by atoms with Crippen molar-refractivity contribution in [2.24, 2.45) is 0 Å². The maximum atomic E-state index is 3.92. The number of benzene rings is 1. The van der Waals surface area contributed by atoms with Crippen molar-refractivity contribution in [1.82, 2.24) is 0 Å². The van der Waals surface area contributed by atoms with Crippen molar-refractivity contribution in [3.8, 4) is 0 Å². The molecule has 0 aromatic heterocycles. The minimum Gasteiger partial charge on any atom is -0.0984 e. The molecule has 0 radical (unpaired) electrons. The lowest BCUT2D eigenvalue weighted by Gasteiger charge is -2.06. The largest absolute Gasteiger partial charge is 0.0984 e. The summed E-state index contributed by atoms with van der Waals surface area (Å²) in [7, 11) is 0. The lowest BCUT2D eigenvalue weighted by molar-refractivity contribution is 0.886. The third kappa shape index (κ3) is 1.79. The van der Waals surface area contributed by atoms with Gasteiger partial charge in [0.05, 0.1) is 0 Å². The highest BCUT2D eigenvalue weighted by atomic mass is 14.2. The molecule has 0 saturated heterocycles. The molecular weight excluding hydrogens is 168 g/mol. The van der Waals surface area contributed by atoms with E-state index < -0.39 is 0 Å². The van der Waals surface area contributed by atoms with Crippen molar-refractivity contribution < 1.29 is 0 Å². The summed E-state index contributed by atoms with van der Waals surface area (Å²) in [5.41, 5.74) is 4.27. The second kappa shape index (κ2) is 4.28. The van der Waals surface area contributed by atoms with E-state index in [1.807, 2.05) is 6.08 Å². The fourth-order valence-corrected chi connectivity index (χ4v) is 2.16. The molecule has 1 aromatic rings. The van der Waals surface area contributed by atoms with E-state index in [4.69, 9.17) is 0 Å². The quantitative estimate of drug-likeness (QED) is 0.646. The van der Waals surface area contributed by atoms with Gasteiger partial charge in [0, 0.05) is 0 Å². The zero-order valence-electron chi connectivity index (χ0n) is 8.50. The Bertz CT molecular complexity index is 336. The summed E-state index contributed by atoms with van der Waals surface area (Å²) < 4.78 is 0. The molecule has 1 aromatic carbocycles. The van der Waals surface area contributed by atoms with Crippen LogP contribution in [-0.4, -0.2) is 0 Å². The van der Waals surface area contributed by atoms with Crippen LogP contribution in [0.2, 0.25) is 0 Å². The molecule has 0 aliphatic heterocycles. The molecule has 2 rings (SSSR count). The minimum absolute atomic E-state index is 1.26. The highest BCUT2D eigenvalue weighted by molar-refractivity contribution is 5.76. The first kappa shape index (κ1) is 9.26. The second-order valence-electron chi connectivity index (χ2n) is 3.79. The number of hydrogen-bond donors (Lipinski definition) is 0. The lowest BCUT2D eigenvalue weighted by Crippen LogP contribution is -1.85. The molecule has 0 N–H and O–H groups in total. The highest BCUT2D eigenvalue weighted by Crippen LogP contribution is 2.32. The summed E-state index contributed by atoms with van der Waals surface area (Å²) in [6.07, 6.45) is 7.22. The lowest BCUT2D eigenvalue weighted by atomic mass is 9.99. The van der Waals surface area contributed by atoms with Crippen LogP contribution in [-0.2, 0) is 0 Å². The summed E-state index contributed by atoms with van der Waals surface area (Å²) in [5.74, 6) is 0. The zero-order valence-corrected chi connectivity index (χ0v) is 8.50. The van der Waals surface area contributed by atoms with Crippen molar-refractivity contribution in [3.63, 3.8) is 0 Å². The van der Waals surface area contributed by atoms with E-state index in [0.29, 0.717) is 0 Å². The monoisotopic (exact) mass is 184 g/mol. The maximum absolute atomic E-state index is 3.92. The molecule has 0 spiro atoms. The Hall–Kier alpha value is -1.30. The Balaban J connectivity index is 2.39. The molecule has 0 heterocycles. The molecule has 0 heteroatoms. The van der Waals surface area contributed by atoms with Crippen LogP contribution in [0.25, 0.3) is 5.57 Å². The predicted octanol–water partition coefficient (Wildman–Crippen LogP) is 4.20. The maximum Gasteiger partial charge on any atom is -0.0185 e. The molecule has 0 unspecified atom stereocenters. The summed E-state index contributed by atoms with van der Waals surface area (Å²) in [4.78, 5) is 0. The average molecular weight is 184 g/mol. The normalized spacial score (nSPS) is 15.6. The van der Waals surface area contributed by atoms with Gasteiger partial charge in [-0.2, -0.15) is 0 Å². The van der Waals surface area contributed by atoms with Gasteiger partial charge in [0.1, 0.15) is 0 Å². The average Bonchev–Trinajstić information content (AvgIpc) is 2.74.